The van der Waals surface area contributed by atoms with Gasteiger partial charge >= 0.3 is 0 Å². The van der Waals surface area contributed by atoms with Crippen LogP contribution in [0.2, 0.25) is 0 Å². The zero-order valence-corrected chi connectivity index (χ0v) is 13.0. The Labute approximate surface area is 120 Å². The molecule has 0 unspecified atom stereocenters. The van der Waals surface area contributed by atoms with Gasteiger partial charge in [-0.2, -0.15) is 0 Å². The molecule has 0 N–H and O–H groups in total. The monoisotopic (exact) mass is 280 g/mol. The molecule has 0 radical (unpaired) electrons. The largest absolute Gasteiger partial charge is 0.341 e. The molecule has 0 atom stereocenters. The summed E-state index contributed by atoms with van der Waals surface area (Å²) in [7, 11) is 0. The molecular weight excluding hydrogens is 256 g/mol. The van der Waals surface area contributed by atoms with Crippen molar-refractivity contribution in [1.82, 2.24) is 9.80 Å². The lowest BCUT2D eigenvalue weighted by Crippen LogP contribution is -2.71. The molecule has 2 aliphatic rings. The molecule has 2 rings (SSSR count). The van der Waals surface area contributed by atoms with Crippen LogP contribution in [0.5, 0.6) is 0 Å². The average Bonchev–Trinajstić information content (AvgIpc) is 2.30. The van der Waals surface area contributed by atoms with Crippen LogP contribution >= 0.6 is 0 Å². The van der Waals surface area contributed by atoms with Crippen LogP contribution in [-0.2, 0) is 14.4 Å². The van der Waals surface area contributed by atoms with Gasteiger partial charge in [0.05, 0.1) is 10.8 Å². The van der Waals surface area contributed by atoms with Crippen molar-refractivity contribution >= 4 is 17.6 Å². The molecule has 2 bridgehead atoms. The summed E-state index contributed by atoms with van der Waals surface area (Å²) in [5.41, 5.74) is -1.26. The number of ketones is 1. The van der Waals surface area contributed by atoms with Crippen LogP contribution in [0.1, 0.15) is 34.6 Å². The summed E-state index contributed by atoms with van der Waals surface area (Å²) in [5.74, 6) is 0.323. The molecule has 5 nitrogen and oxygen atoms in total. The second kappa shape index (κ2) is 4.57. The highest BCUT2D eigenvalue weighted by Crippen LogP contribution is 2.46. The van der Waals surface area contributed by atoms with E-state index < -0.39 is 10.8 Å². The number of carbonyl (C=O) groups excluding carboxylic acids is 3. The Balaban J connectivity index is 2.48. The number of likely N-dealkylation sites (tertiary alicyclic amines) is 2. The minimum Gasteiger partial charge on any atom is -0.341 e. The zero-order chi connectivity index (χ0) is 15.3. The van der Waals surface area contributed by atoms with Gasteiger partial charge < -0.3 is 9.80 Å². The molecule has 2 saturated heterocycles. The molecule has 2 heterocycles. The van der Waals surface area contributed by atoms with Crippen LogP contribution < -0.4 is 0 Å². The second-order valence-corrected chi connectivity index (χ2v) is 6.95. The molecule has 0 aromatic carbocycles. The lowest BCUT2D eigenvalue weighted by atomic mass is 9.59. The van der Waals surface area contributed by atoms with Gasteiger partial charge in [-0.05, 0) is 12.8 Å². The first-order valence-electron chi connectivity index (χ1n) is 7.18. The maximum atomic E-state index is 13.0. The van der Waals surface area contributed by atoms with E-state index in [0.29, 0.717) is 26.2 Å². The maximum Gasteiger partial charge on any atom is 0.219 e. The molecule has 5 heteroatoms. The highest BCUT2D eigenvalue weighted by molar-refractivity contribution is 5.95. The third kappa shape index (κ3) is 2.03. The average molecular weight is 280 g/mol. The first-order chi connectivity index (χ1) is 9.12. The van der Waals surface area contributed by atoms with Crippen molar-refractivity contribution in [3.8, 4) is 0 Å². The van der Waals surface area contributed by atoms with Gasteiger partial charge in [0.15, 0.2) is 5.78 Å². The van der Waals surface area contributed by atoms with Crippen LogP contribution in [0.25, 0.3) is 0 Å². The first-order valence-corrected chi connectivity index (χ1v) is 7.18. The normalized spacial score (nSPS) is 33.6. The third-order valence-corrected chi connectivity index (χ3v) is 5.02. The lowest BCUT2D eigenvalue weighted by molar-refractivity contribution is -0.171. The number of hydrogen-bond donors (Lipinski definition) is 0. The van der Waals surface area contributed by atoms with Crippen molar-refractivity contribution in [2.75, 3.05) is 26.2 Å². The Morgan fingerprint density at radius 3 is 1.70 bits per heavy atom. The van der Waals surface area contributed by atoms with Gasteiger partial charge in [-0.1, -0.05) is 13.8 Å². The highest BCUT2D eigenvalue weighted by atomic mass is 16.2. The van der Waals surface area contributed by atoms with Crippen molar-refractivity contribution in [3.05, 3.63) is 0 Å². The van der Waals surface area contributed by atoms with E-state index in [2.05, 4.69) is 0 Å². The Kier molecular flexibility index (Phi) is 3.43. The van der Waals surface area contributed by atoms with Crippen molar-refractivity contribution < 1.29 is 14.4 Å². The summed E-state index contributed by atoms with van der Waals surface area (Å²) in [6, 6.07) is 0. The smallest absolute Gasteiger partial charge is 0.219 e. The van der Waals surface area contributed by atoms with E-state index >= 15 is 0 Å². The van der Waals surface area contributed by atoms with E-state index in [9.17, 15) is 14.4 Å². The molecule has 0 spiro atoms. The Morgan fingerprint density at radius 2 is 1.40 bits per heavy atom. The fraction of sp³-hybridized carbons (Fsp3) is 0.800. The summed E-state index contributed by atoms with van der Waals surface area (Å²) in [6.07, 6.45) is 0. The number of piperidine rings is 2. The third-order valence-electron chi connectivity index (χ3n) is 5.02. The molecule has 2 aliphatic heterocycles. The minimum absolute atomic E-state index is 0.00465. The maximum absolute atomic E-state index is 13.0. The van der Waals surface area contributed by atoms with Crippen molar-refractivity contribution in [2.45, 2.75) is 34.6 Å². The Morgan fingerprint density at radius 1 is 1.00 bits per heavy atom. The van der Waals surface area contributed by atoms with E-state index in [4.69, 9.17) is 0 Å². The molecule has 0 aromatic heterocycles. The number of rotatable bonds is 1. The van der Waals surface area contributed by atoms with Crippen LogP contribution in [-0.4, -0.2) is 53.6 Å². The van der Waals surface area contributed by atoms with Crippen LogP contribution in [0, 0.1) is 16.7 Å². The Hall–Kier alpha value is -1.39. The van der Waals surface area contributed by atoms with Crippen molar-refractivity contribution in [3.63, 3.8) is 0 Å². The van der Waals surface area contributed by atoms with E-state index in [1.165, 1.54) is 0 Å². The van der Waals surface area contributed by atoms with E-state index in [1.54, 1.807) is 23.6 Å². The van der Waals surface area contributed by atoms with Crippen LogP contribution in [0.4, 0.5) is 0 Å². The van der Waals surface area contributed by atoms with E-state index in [-0.39, 0.29) is 23.5 Å². The molecular formula is C15H24N2O3. The first kappa shape index (κ1) is 15.0. The number of carbonyl (C=O) groups is 3. The summed E-state index contributed by atoms with van der Waals surface area (Å²) >= 11 is 0. The van der Waals surface area contributed by atoms with E-state index in [1.807, 2.05) is 20.8 Å². The predicted octanol–water partition coefficient (Wildman–Crippen LogP) is 0.928. The van der Waals surface area contributed by atoms with Crippen molar-refractivity contribution in [1.29, 1.82) is 0 Å². The van der Waals surface area contributed by atoms with Gasteiger partial charge in [0.2, 0.25) is 11.8 Å². The fourth-order valence-electron chi connectivity index (χ4n) is 3.70. The highest BCUT2D eigenvalue weighted by Gasteiger charge is 2.60. The topological polar surface area (TPSA) is 57.7 Å². The van der Waals surface area contributed by atoms with Gasteiger partial charge in [-0.3, -0.25) is 14.4 Å². The van der Waals surface area contributed by atoms with Gasteiger partial charge in [0.1, 0.15) is 0 Å². The summed E-state index contributed by atoms with van der Waals surface area (Å²) in [4.78, 5) is 40.1. The molecule has 0 aromatic rings. The predicted molar refractivity (Wildman–Crippen MR) is 74.9 cm³/mol. The number of nitrogens with zero attached hydrogens (tertiary/aromatic N) is 2. The van der Waals surface area contributed by atoms with Crippen LogP contribution in [0.15, 0.2) is 0 Å². The molecule has 112 valence electrons. The molecule has 0 saturated carbocycles. The standard InChI is InChI=1S/C15H24N2O3/c1-10(2)15-8-16(11(3)18)6-14(5,13(15)20)7-17(9-15)12(4)19/h10H,6-9H2,1-5H3. The fourth-order valence-corrected chi connectivity index (χ4v) is 3.70. The molecule has 20 heavy (non-hydrogen) atoms. The number of Topliss-reactive ketones (excluding diaryl/α,β-unsaturated/α-hetero) is 1. The van der Waals surface area contributed by atoms with E-state index in [0.717, 1.165) is 0 Å². The van der Waals surface area contributed by atoms with Gasteiger partial charge in [-0.15, -0.1) is 0 Å². The molecule has 2 amide bonds. The molecule has 0 aliphatic carbocycles. The minimum atomic E-state index is -0.641. The number of fused-ring (bicyclic) bond motifs is 2. The van der Waals surface area contributed by atoms with Gasteiger partial charge in [0.25, 0.3) is 0 Å². The summed E-state index contributed by atoms with van der Waals surface area (Å²) in [5, 5.41) is 0. The second-order valence-electron chi connectivity index (χ2n) is 6.95. The number of amides is 2. The summed E-state index contributed by atoms with van der Waals surface area (Å²) < 4.78 is 0. The molecule has 2 fully saturated rings. The van der Waals surface area contributed by atoms with Gasteiger partial charge in [0, 0.05) is 40.0 Å². The number of hydrogen-bond acceptors (Lipinski definition) is 3. The SMILES string of the molecule is CC(=O)N1CC2(C)CN(C(C)=O)CC(C(C)C)(C1)C2=O. The lowest BCUT2D eigenvalue weighted by Gasteiger charge is -2.57. The van der Waals surface area contributed by atoms with Crippen molar-refractivity contribution in [2.24, 2.45) is 16.7 Å². The quantitative estimate of drug-likeness (QED) is 0.718. The Bertz CT molecular complexity index is 444. The van der Waals surface area contributed by atoms with Gasteiger partial charge in [-0.25, -0.2) is 0 Å². The summed E-state index contributed by atoms with van der Waals surface area (Å²) in [6.45, 7) is 10.7. The van der Waals surface area contributed by atoms with Crippen LogP contribution in [0.3, 0.4) is 0 Å². The zero-order valence-electron chi connectivity index (χ0n) is 13.0.